The number of nitrogens with one attached hydrogen (secondary N) is 1. The molecule has 0 atom stereocenters. The van der Waals surface area contributed by atoms with Gasteiger partial charge in [-0.15, -0.1) is 11.3 Å². The number of halogens is 1. The predicted molar refractivity (Wildman–Crippen MR) is 94.9 cm³/mol. The van der Waals surface area contributed by atoms with Crippen LogP contribution in [0, 0.1) is 11.8 Å². The van der Waals surface area contributed by atoms with Gasteiger partial charge in [0.1, 0.15) is 0 Å². The van der Waals surface area contributed by atoms with E-state index in [1.54, 1.807) is 12.1 Å². The molecule has 23 heavy (non-hydrogen) atoms. The van der Waals surface area contributed by atoms with E-state index in [-0.39, 0.29) is 5.91 Å². The van der Waals surface area contributed by atoms with E-state index in [9.17, 15) is 4.79 Å². The molecule has 5 heteroatoms. The average molecular weight is 345 g/mol. The van der Waals surface area contributed by atoms with Gasteiger partial charge in [-0.2, -0.15) is 0 Å². The van der Waals surface area contributed by atoms with Crippen molar-refractivity contribution in [1.29, 1.82) is 0 Å². The Labute approximate surface area is 145 Å². The van der Waals surface area contributed by atoms with E-state index in [0.29, 0.717) is 15.8 Å². The van der Waals surface area contributed by atoms with E-state index >= 15 is 0 Å². The molecule has 3 nitrogen and oxygen atoms in total. The highest BCUT2D eigenvalue weighted by Crippen LogP contribution is 2.21. The second kappa shape index (κ2) is 7.65. The third-order valence-corrected chi connectivity index (χ3v) is 5.00. The van der Waals surface area contributed by atoms with Crippen molar-refractivity contribution in [1.82, 2.24) is 10.2 Å². The van der Waals surface area contributed by atoms with Gasteiger partial charge in [0.15, 0.2) is 0 Å². The van der Waals surface area contributed by atoms with Crippen molar-refractivity contribution >= 4 is 28.8 Å². The molecule has 0 bridgehead atoms. The number of hydrogen-bond donors (Lipinski definition) is 1. The Hall–Kier alpha value is -1.80. The zero-order valence-electron chi connectivity index (χ0n) is 12.6. The molecular weight excluding hydrogens is 328 g/mol. The highest BCUT2D eigenvalue weighted by Gasteiger charge is 2.14. The number of nitrogens with zero attached hydrogens (tertiary/aromatic N) is 1. The molecule has 1 amide bonds. The van der Waals surface area contributed by atoms with Crippen LogP contribution in [0.1, 0.15) is 20.8 Å². The SMILES string of the molecule is O=C(NCC#CCN1CCc2ccccc2C1)c1ccc(Cl)s1. The van der Waals surface area contributed by atoms with E-state index in [4.69, 9.17) is 11.6 Å². The summed E-state index contributed by atoms with van der Waals surface area (Å²) >= 11 is 7.09. The van der Waals surface area contributed by atoms with E-state index in [1.807, 2.05) is 0 Å². The van der Waals surface area contributed by atoms with Crippen LogP contribution in [-0.4, -0.2) is 30.4 Å². The second-order valence-electron chi connectivity index (χ2n) is 5.37. The van der Waals surface area contributed by atoms with E-state index < -0.39 is 0 Å². The molecule has 1 N–H and O–H groups in total. The van der Waals surface area contributed by atoms with Gasteiger partial charge in [-0.25, -0.2) is 0 Å². The van der Waals surface area contributed by atoms with Gasteiger partial charge in [0.05, 0.1) is 22.3 Å². The summed E-state index contributed by atoms with van der Waals surface area (Å²) in [4.78, 5) is 14.8. The van der Waals surface area contributed by atoms with Crippen molar-refractivity contribution in [2.45, 2.75) is 13.0 Å². The van der Waals surface area contributed by atoms with Crippen LogP contribution in [0.4, 0.5) is 0 Å². The minimum absolute atomic E-state index is 0.122. The topological polar surface area (TPSA) is 32.3 Å². The molecule has 0 saturated heterocycles. The largest absolute Gasteiger partial charge is 0.340 e. The molecule has 0 radical (unpaired) electrons. The summed E-state index contributed by atoms with van der Waals surface area (Å²) in [6.45, 7) is 3.07. The lowest BCUT2D eigenvalue weighted by molar-refractivity contribution is 0.0962. The summed E-state index contributed by atoms with van der Waals surface area (Å²) in [5.41, 5.74) is 2.84. The lowest BCUT2D eigenvalue weighted by atomic mass is 10.0. The quantitative estimate of drug-likeness (QED) is 0.867. The first kappa shape index (κ1) is 16.1. The molecule has 2 aromatic rings. The molecule has 0 unspecified atom stereocenters. The lowest BCUT2D eigenvalue weighted by Crippen LogP contribution is -2.30. The van der Waals surface area contributed by atoms with E-state index in [0.717, 1.165) is 26.1 Å². The molecule has 0 spiro atoms. The van der Waals surface area contributed by atoms with Crippen LogP contribution in [0.5, 0.6) is 0 Å². The number of rotatable bonds is 3. The molecule has 3 rings (SSSR count). The molecule has 2 heterocycles. The Bertz CT molecular complexity index is 760. The first-order valence-corrected chi connectivity index (χ1v) is 8.70. The first-order valence-electron chi connectivity index (χ1n) is 7.51. The van der Waals surface area contributed by atoms with Crippen LogP contribution < -0.4 is 5.32 Å². The van der Waals surface area contributed by atoms with Crippen molar-refractivity contribution in [3.63, 3.8) is 0 Å². The monoisotopic (exact) mass is 344 g/mol. The Kier molecular flexibility index (Phi) is 5.35. The molecule has 0 aliphatic carbocycles. The number of carbonyl (C=O) groups excluding carboxylic acids is 1. The van der Waals surface area contributed by atoms with Crippen LogP contribution in [0.25, 0.3) is 0 Å². The minimum atomic E-state index is -0.122. The molecule has 1 aromatic heterocycles. The highest BCUT2D eigenvalue weighted by atomic mass is 35.5. The van der Waals surface area contributed by atoms with Crippen molar-refractivity contribution in [2.24, 2.45) is 0 Å². The first-order chi connectivity index (χ1) is 11.2. The Morgan fingerprint density at radius 2 is 2.04 bits per heavy atom. The summed E-state index contributed by atoms with van der Waals surface area (Å²) in [6, 6.07) is 12.0. The maximum atomic E-state index is 11.8. The maximum absolute atomic E-state index is 11.8. The zero-order valence-corrected chi connectivity index (χ0v) is 14.2. The van der Waals surface area contributed by atoms with Crippen LogP contribution in [0.2, 0.25) is 4.34 Å². The predicted octanol–water partition coefficient (Wildman–Crippen LogP) is 3.19. The summed E-state index contributed by atoms with van der Waals surface area (Å²) in [5.74, 6) is 6.03. The summed E-state index contributed by atoms with van der Waals surface area (Å²) in [5, 5.41) is 2.79. The number of fused-ring (bicyclic) bond motifs is 1. The fourth-order valence-corrected chi connectivity index (χ4v) is 3.53. The number of amides is 1. The Balaban J connectivity index is 1.43. The van der Waals surface area contributed by atoms with E-state index in [1.165, 1.54) is 22.5 Å². The fourth-order valence-electron chi connectivity index (χ4n) is 2.57. The van der Waals surface area contributed by atoms with Gasteiger partial charge in [-0.3, -0.25) is 9.69 Å². The molecule has 1 aliphatic rings. The number of carbonyl (C=O) groups is 1. The Morgan fingerprint density at radius 3 is 2.83 bits per heavy atom. The molecule has 0 fully saturated rings. The second-order valence-corrected chi connectivity index (χ2v) is 7.08. The van der Waals surface area contributed by atoms with Gasteiger partial charge in [-0.1, -0.05) is 47.7 Å². The van der Waals surface area contributed by atoms with Gasteiger partial charge in [0, 0.05) is 13.1 Å². The summed E-state index contributed by atoms with van der Waals surface area (Å²) < 4.78 is 0.617. The maximum Gasteiger partial charge on any atom is 0.262 e. The van der Waals surface area contributed by atoms with Crippen LogP contribution in [-0.2, 0) is 13.0 Å². The number of benzene rings is 1. The summed E-state index contributed by atoms with van der Waals surface area (Å²) in [7, 11) is 0. The van der Waals surface area contributed by atoms with Gasteiger partial charge in [-0.05, 0) is 29.7 Å². The molecule has 118 valence electrons. The highest BCUT2D eigenvalue weighted by molar-refractivity contribution is 7.17. The van der Waals surface area contributed by atoms with Crippen molar-refractivity contribution < 1.29 is 4.79 Å². The van der Waals surface area contributed by atoms with E-state index in [2.05, 4.69) is 46.3 Å². The molecule has 0 saturated carbocycles. The molecule has 1 aromatic carbocycles. The number of hydrogen-bond acceptors (Lipinski definition) is 3. The van der Waals surface area contributed by atoms with Gasteiger partial charge in [0.25, 0.3) is 5.91 Å². The standard InChI is InChI=1S/C18H17ClN2OS/c19-17-8-7-16(23-17)18(22)20-10-3-4-11-21-12-9-14-5-1-2-6-15(14)13-21/h1-2,5-8H,9-13H2,(H,20,22). The third-order valence-electron chi connectivity index (χ3n) is 3.77. The van der Waals surface area contributed by atoms with Crippen LogP contribution in [0.3, 0.4) is 0 Å². The average Bonchev–Trinajstić information content (AvgIpc) is 3.01. The lowest BCUT2D eigenvalue weighted by Gasteiger charge is -2.26. The zero-order chi connectivity index (χ0) is 16.1. The summed E-state index contributed by atoms with van der Waals surface area (Å²) in [6.07, 6.45) is 1.08. The minimum Gasteiger partial charge on any atom is -0.340 e. The Morgan fingerprint density at radius 1 is 1.22 bits per heavy atom. The van der Waals surface area contributed by atoms with Crippen LogP contribution in [0.15, 0.2) is 36.4 Å². The normalized spacial score (nSPS) is 13.8. The van der Waals surface area contributed by atoms with Crippen molar-refractivity contribution in [2.75, 3.05) is 19.6 Å². The van der Waals surface area contributed by atoms with Crippen LogP contribution >= 0.6 is 22.9 Å². The fraction of sp³-hybridized carbons (Fsp3) is 0.278. The van der Waals surface area contributed by atoms with Crippen molar-refractivity contribution in [3.05, 3.63) is 56.7 Å². The van der Waals surface area contributed by atoms with Gasteiger partial charge >= 0.3 is 0 Å². The molecule has 1 aliphatic heterocycles. The third kappa shape index (κ3) is 4.35. The smallest absolute Gasteiger partial charge is 0.262 e. The molecular formula is C18H17ClN2OS. The van der Waals surface area contributed by atoms with Gasteiger partial charge < -0.3 is 5.32 Å². The number of thiophene rings is 1. The van der Waals surface area contributed by atoms with Gasteiger partial charge in [0.2, 0.25) is 0 Å². The van der Waals surface area contributed by atoms with Crippen molar-refractivity contribution in [3.8, 4) is 11.8 Å².